The molecule has 0 bridgehead atoms. The Hall–Kier alpha value is -2.78. The highest BCUT2D eigenvalue weighted by Gasteiger charge is 2.21. The van der Waals surface area contributed by atoms with Crippen LogP contribution in [0.5, 0.6) is 0 Å². The summed E-state index contributed by atoms with van der Waals surface area (Å²) >= 11 is 0. The largest absolute Gasteiger partial charge is 0.462 e. The lowest BCUT2D eigenvalue weighted by atomic mass is 9.97. The maximum Gasteiger partial charge on any atom is 0.313 e. The smallest absolute Gasteiger partial charge is 0.313 e. The molecule has 0 saturated carbocycles. The monoisotopic (exact) mass is 560 g/mol. The second-order valence-electron chi connectivity index (χ2n) is 11.0. The molecule has 40 heavy (non-hydrogen) atoms. The van der Waals surface area contributed by atoms with Crippen molar-refractivity contribution in [3.63, 3.8) is 0 Å². The molecule has 0 heterocycles. The lowest BCUT2D eigenvalue weighted by Crippen LogP contribution is -2.27. The van der Waals surface area contributed by atoms with Crippen molar-refractivity contribution in [2.75, 3.05) is 26.4 Å². The quantitative estimate of drug-likeness (QED) is 0.257. The van der Waals surface area contributed by atoms with Crippen molar-refractivity contribution in [3.05, 3.63) is 70.8 Å². The minimum atomic E-state index is -1.01. The van der Waals surface area contributed by atoms with Gasteiger partial charge in [0.2, 0.25) is 0 Å². The van der Waals surface area contributed by atoms with Crippen LogP contribution in [0.25, 0.3) is 0 Å². The molecule has 0 saturated heterocycles. The molecule has 0 aliphatic rings. The standard InChI is InChI=1S/2C16H24O4/c1-11(2)8-13-4-6-14(7-5-13)12(3)16(19)20-10-15(18)9-17;1-11(2)8-13-4-6-14(7-5-13)12(3)16(19)20-15(9-17)10-18/h2*4-7,11-12,15,17-18H,8-10H2,1-3H3/t12-,15?;12-/m00/s1. The summed E-state index contributed by atoms with van der Waals surface area (Å²) in [5.41, 5.74) is 4.26. The van der Waals surface area contributed by atoms with Crippen LogP contribution in [0.1, 0.15) is 75.6 Å². The fraction of sp³-hybridized carbons (Fsp3) is 0.562. The molecule has 8 heteroatoms. The van der Waals surface area contributed by atoms with Gasteiger partial charge in [-0.1, -0.05) is 76.2 Å². The maximum atomic E-state index is 11.9. The van der Waals surface area contributed by atoms with Crippen molar-refractivity contribution in [2.45, 2.75) is 78.4 Å². The molecule has 224 valence electrons. The van der Waals surface area contributed by atoms with Crippen LogP contribution in [-0.4, -0.2) is 71.0 Å². The first-order chi connectivity index (χ1) is 18.9. The molecular weight excluding hydrogens is 512 g/mol. The highest BCUT2D eigenvalue weighted by atomic mass is 16.6. The fourth-order valence-corrected chi connectivity index (χ4v) is 3.85. The molecule has 4 N–H and O–H groups in total. The van der Waals surface area contributed by atoms with Crippen LogP contribution in [0.3, 0.4) is 0 Å². The Morgan fingerprint density at radius 2 is 1.05 bits per heavy atom. The van der Waals surface area contributed by atoms with Gasteiger partial charge in [-0.25, -0.2) is 0 Å². The number of aliphatic hydroxyl groups excluding tert-OH is 4. The molecule has 8 nitrogen and oxygen atoms in total. The van der Waals surface area contributed by atoms with E-state index in [0.29, 0.717) is 11.8 Å². The van der Waals surface area contributed by atoms with Crippen LogP contribution in [0.4, 0.5) is 0 Å². The summed E-state index contributed by atoms with van der Waals surface area (Å²) < 4.78 is 9.98. The molecule has 2 rings (SSSR count). The number of esters is 2. The van der Waals surface area contributed by atoms with Crippen molar-refractivity contribution in [2.24, 2.45) is 11.8 Å². The Morgan fingerprint density at radius 1 is 0.650 bits per heavy atom. The van der Waals surface area contributed by atoms with Gasteiger partial charge in [-0.3, -0.25) is 9.59 Å². The van der Waals surface area contributed by atoms with Crippen LogP contribution in [-0.2, 0) is 31.9 Å². The average Bonchev–Trinajstić information content (AvgIpc) is 2.94. The van der Waals surface area contributed by atoms with Gasteiger partial charge in [0, 0.05) is 0 Å². The van der Waals surface area contributed by atoms with Crippen molar-refractivity contribution in [1.82, 2.24) is 0 Å². The van der Waals surface area contributed by atoms with Crippen LogP contribution in [0.15, 0.2) is 48.5 Å². The summed E-state index contributed by atoms with van der Waals surface area (Å²) in [4.78, 5) is 23.7. The van der Waals surface area contributed by atoms with Crippen molar-refractivity contribution < 1.29 is 39.5 Å². The highest BCUT2D eigenvalue weighted by Crippen LogP contribution is 2.20. The highest BCUT2D eigenvalue weighted by molar-refractivity contribution is 5.78. The molecule has 0 spiro atoms. The van der Waals surface area contributed by atoms with Gasteiger partial charge in [-0.2, -0.15) is 0 Å². The maximum absolute atomic E-state index is 11.9. The zero-order valence-corrected chi connectivity index (χ0v) is 24.7. The van der Waals surface area contributed by atoms with Gasteiger partial charge < -0.3 is 29.9 Å². The van der Waals surface area contributed by atoms with E-state index < -0.39 is 36.7 Å². The molecule has 2 aromatic carbocycles. The Kier molecular flexibility index (Phi) is 16.3. The van der Waals surface area contributed by atoms with Crippen LogP contribution < -0.4 is 0 Å². The summed E-state index contributed by atoms with van der Waals surface area (Å²) in [6.45, 7) is 10.9. The van der Waals surface area contributed by atoms with E-state index >= 15 is 0 Å². The molecule has 2 aromatic rings. The molecule has 1 unspecified atom stereocenters. The van der Waals surface area contributed by atoms with E-state index in [1.165, 1.54) is 11.1 Å². The van der Waals surface area contributed by atoms with E-state index in [2.05, 4.69) is 27.7 Å². The Balaban J connectivity index is 0.000000400. The molecule has 0 aromatic heterocycles. The molecule has 0 amide bonds. The summed E-state index contributed by atoms with van der Waals surface area (Å²) in [6, 6.07) is 15.8. The number of ether oxygens (including phenoxy) is 2. The summed E-state index contributed by atoms with van der Waals surface area (Å²) in [6.07, 6.45) is 0.169. The van der Waals surface area contributed by atoms with Gasteiger partial charge in [0.15, 0.2) is 0 Å². The first-order valence-corrected chi connectivity index (χ1v) is 14.0. The van der Waals surface area contributed by atoms with E-state index in [4.69, 9.17) is 29.9 Å². The zero-order valence-electron chi connectivity index (χ0n) is 24.7. The normalized spacial score (nSPS) is 13.4. The number of carbonyl (C=O) groups is 2. The number of carbonyl (C=O) groups excluding carboxylic acids is 2. The minimum absolute atomic E-state index is 0.175. The van der Waals surface area contributed by atoms with E-state index in [1.54, 1.807) is 13.8 Å². The topological polar surface area (TPSA) is 134 Å². The third-order valence-electron chi connectivity index (χ3n) is 6.27. The Bertz CT molecular complexity index is 981. The van der Waals surface area contributed by atoms with Gasteiger partial charge in [0.05, 0.1) is 31.7 Å². The van der Waals surface area contributed by atoms with Crippen molar-refractivity contribution >= 4 is 11.9 Å². The summed E-state index contributed by atoms with van der Waals surface area (Å²) in [5.74, 6) is -0.428. The van der Waals surface area contributed by atoms with Crippen molar-refractivity contribution in [3.8, 4) is 0 Å². The zero-order chi connectivity index (χ0) is 30.2. The van der Waals surface area contributed by atoms with Gasteiger partial charge >= 0.3 is 11.9 Å². The number of benzene rings is 2. The van der Waals surface area contributed by atoms with Gasteiger partial charge in [-0.15, -0.1) is 0 Å². The minimum Gasteiger partial charge on any atom is -0.462 e. The third kappa shape index (κ3) is 13.0. The SMILES string of the molecule is CC(C)Cc1ccc([C@H](C)C(=O)OC(CO)CO)cc1.CC(C)Cc1ccc([C@H](C)C(=O)OCC(O)CO)cc1. The number of rotatable bonds is 14. The predicted molar refractivity (Wildman–Crippen MR) is 155 cm³/mol. The van der Waals surface area contributed by atoms with E-state index in [1.807, 2.05) is 48.5 Å². The van der Waals surface area contributed by atoms with E-state index in [0.717, 1.165) is 24.0 Å². The second kappa shape index (κ2) is 18.5. The summed E-state index contributed by atoms with van der Waals surface area (Å²) in [5, 5.41) is 35.6. The van der Waals surface area contributed by atoms with Crippen LogP contribution in [0, 0.1) is 11.8 Å². The van der Waals surface area contributed by atoms with E-state index in [9.17, 15) is 9.59 Å². The predicted octanol–water partition coefficient (Wildman–Crippen LogP) is 3.77. The van der Waals surface area contributed by atoms with E-state index in [-0.39, 0.29) is 25.7 Å². The van der Waals surface area contributed by atoms with Crippen molar-refractivity contribution in [1.29, 1.82) is 0 Å². The number of aliphatic hydroxyl groups is 4. The number of hydrogen-bond donors (Lipinski definition) is 4. The molecular formula is C32H48O8. The molecule has 0 aliphatic carbocycles. The van der Waals surface area contributed by atoms with Gasteiger partial charge in [0.25, 0.3) is 0 Å². The lowest BCUT2D eigenvalue weighted by Gasteiger charge is -2.17. The average molecular weight is 561 g/mol. The first kappa shape index (κ1) is 35.2. The summed E-state index contributed by atoms with van der Waals surface area (Å²) in [7, 11) is 0. The molecule has 0 radical (unpaired) electrons. The lowest BCUT2D eigenvalue weighted by molar-refractivity contribution is -0.154. The Morgan fingerprint density at radius 3 is 1.40 bits per heavy atom. The fourth-order valence-electron chi connectivity index (χ4n) is 3.85. The number of hydrogen-bond acceptors (Lipinski definition) is 8. The molecule has 0 aliphatic heterocycles. The first-order valence-electron chi connectivity index (χ1n) is 14.0. The Labute approximate surface area is 239 Å². The molecule has 3 atom stereocenters. The van der Waals surface area contributed by atoms with Crippen LogP contribution in [0.2, 0.25) is 0 Å². The van der Waals surface area contributed by atoms with Crippen LogP contribution >= 0.6 is 0 Å². The van der Waals surface area contributed by atoms with Gasteiger partial charge in [-0.05, 0) is 60.8 Å². The van der Waals surface area contributed by atoms with Gasteiger partial charge in [0.1, 0.15) is 18.8 Å². The molecule has 0 fully saturated rings. The third-order valence-corrected chi connectivity index (χ3v) is 6.27. The second-order valence-corrected chi connectivity index (χ2v) is 11.0.